The van der Waals surface area contributed by atoms with E-state index in [4.69, 9.17) is 4.74 Å². The van der Waals surface area contributed by atoms with Crippen LogP contribution in [0.3, 0.4) is 0 Å². The fourth-order valence-corrected chi connectivity index (χ4v) is 2.20. The van der Waals surface area contributed by atoms with Crippen LogP contribution in [0.15, 0.2) is 0 Å². The van der Waals surface area contributed by atoms with Crippen molar-refractivity contribution in [1.29, 1.82) is 0 Å². The summed E-state index contributed by atoms with van der Waals surface area (Å²) >= 11 is 0. The van der Waals surface area contributed by atoms with Crippen LogP contribution in [0.25, 0.3) is 0 Å². The van der Waals surface area contributed by atoms with Crippen molar-refractivity contribution in [3.8, 4) is 0 Å². The monoisotopic (exact) mass is 185 g/mol. The molecule has 3 atom stereocenters. The van der Waals surface area contributed by atoms with Crippen LogP contribution < -0.4 is 5.32 Å². The third-order valence-electron chi connectivity index (χ3n) is 3.36. The number of rotatable bonds is 2. The van der Waals surface area contributed by atoms with E-state index in [0.29, 0.717) is 12.2 Å². The highest BCUT2D eigenvalue weighted by molar-refractivity contribution is 4.89. The van der Waals surface area contributed by atoms with Crippen molar-refractivity contribution in [2.24, 2.45) is 5.92 Å². The van der Waals surface area contributed by atoms with E-state index < -0.39 is 0 Å². The average molecular weight is 185 g/mol. The lowest BCUT2D eigenvalue weighted by molar-refractivity contribution is -0.0671. The summed E-state index contributed by atoms with van der Waals surface area (Å²) in [5.41, 5.74) is 0.242. The van der Waals surface area contributed by atoms with E-state index in [-0.39, 0.29) is 5.54 Å². The summed E-state index contributed by atoms with van der Waals surface area (Å²) in [7, 11) is 2.05. The molecule has 1 N–H and O–H groups in total. The van der Waals surface area contributed by atoms with Crippen molar-refractivity contribution in [2.75, 3.05) is 7.05 Å². The first kappa shape index (κ1) is 11.0. The summed E-state index contributed by atoms with van der Waals surface area (Å²) in [5, 5.41) is 3.40. The SMILES string of the molecule is CNC(C)(C)C1C[C@@H](C)O[C@@H](C)C1. The van der Waals surface area contributed by atoms with Crippen LogP contribution in [0.4, 0.5) is 0 Å². The molecule has 0 aromatic carbocycles. The predicted molar refractivity (Wildman–Crippen MR) is 55.9 cm³/mol. The van der Waals surface area contributed by atoms with Gasteiger partial charge in [-0.05, 0) is 53.5 Å². The Morgan fingerprint density at radius 3 is 2.00 bits per heavy atom. The first-order chi connectivity index (χ1) is 5.95. The second-order valence-corrected chi connectivity index (χ2v) is 4.90. The molecule has 1 fully saturated rings. The van der Waals surface area contributed by atoms with Crippen LogP contribution >= 0.6 is 0 Å². The van der Waals surface area contributed by atoms with Crippen molar-refractivity contribution in [3.05, 3.63) is 0 Å². The maximum Gasteiger partial charge on any atom is 0.0554 e. The van der Waals surface area contributed by atoms with Gasteiger partial charge in [-0.1, -0.05) is 0 Å². The third kappa shape index (κ3) is 2.68. The minimum Gasteiger partial charge on any atom is -0.376 e. The molecule has 0 spiro atoms. The van der Waals surface area contributed by atoms with Crippen molar-refractivity contribution >= 4 is 0 Å². The molecular formula is C11H23NO. The molecule has 13 heavy (non-hydrogen) atoms. The Morgan fingerprint density at radius 1 is 1.15 bits per heavy atom. The zero-order valence-electron chi connectivity index (χ0n) is 9.55. The van der Waals surface area contributed by atoms with E-state index in [0.717, 1.165) is 5.92 Å². The van der Waals surface area contributed by atoms with Crippen molar-refractivity contribution < 1.29 is 4.74 Å². The maximum atomic E-state index is 5.73. The average Bonchev–Trinajstić information content (AvgIpc) is 2.02. The summed E-state index contributed by atoms with van der Waals surface area (Å²) in [6, 6.07) is 0. The van der Waals surface area contributed by atoms with Gasteiger partial charge in [0.25, 0.3) is 0 Å². The molecule has 78 valence electrons. The van der Waals surface area contributed by atoms with Gasteiger partial charge in [-0.2, -0.15) is 0 Å². The van der Waals surface area contributed by atoms with Gasteiger partial charge in [0.05, 0.1) is 12.2 Å². The zero-order chi connectivity index (χ0) is 10.1. The molecule has 0 radical (unpaired) electrons. The van der Waals surface area contributed by atoms with Crippen LogP contribution in [-0.2, 0) is 4.74 Å². The second-order valence-electron chi connectivity index (χ2n) is 4.90. The van der Waals surface area contributed by atoms with Gasteiger partial charge in [0, 0.05) is 5.54 Å². The Kier molecular flexibility index (Phi) is 3.36. The van der Waals surface area contributed by atoms with Crippen LogP contribution in [0.1, 0.15) is 40.5 Å². The minimum atomic E-state index is 0.242. The van der Waals surface area contributed by atoms with E-state index in [9.17, 15) is 0 Å². The van der Waals surface area contributed by atoms with E-state index in [1.165, 1.54) is 12.8 Å². The molecule has 1 saturated heterocycles. The van der Waals surface area contributed by atoms with E-state index in [1.54, 1.807) is 0 Å². The van der Waals surface area contributed by atoms with Crippen LogP contribution in [0.5, 0.6) is 0 Å². The minimum absolute atomic E-state index is 0.242. The van der Waals surface area contributed by atoms with Crippen molar-refractivity contribution in [1.82, 2.24) is 5.32 Å². The highest BCUT2D eigenvalue weighted by Gasteiger charge is 2.34. The summed E-state index contributed by atoms with van der Waals surface area (Å²) in [6.07, 6.45) is 3.19. The third-order valence-corrected chi connectivity index (χ3v) is 3.36. The Hall–Kier alpha value is -0.0800. The quantitative estimate of drug-likeness (QED) is 0.712. The fourth-order valence-electron chi connectivity index (χ4n) is 2.20. The van der Waals surface area contributed by atoms with Gasteiger partial charge in [-0.3, -0.25) is 0 Å². The van der Waals surface area contributed by atoms with E-state index in [2.05, 4.69) is 33.0 Å². The first-order valence-electron chi connectivity index (χ1n) is 5.30. The summed E-state index contributed by atoms with van der Waals surface area (Å²) < 4.78 is 5.73. The second kappa shape index (κ2) is 3.97. The van der Waals surface area contributed by atoms with Gasteiger partial charge < -0.3 is 10.1 Å². The summed E-state index contributed by atoms with van der Waals surface area (Å²) in [6.45, 7) is 8.91. The van der Waals surface area contributed by atoms with Crippen LogP contribution in [0.2, 0.25) is 0 Å². The number of nitrogens with one attached hydrogen (secondary N) is 1. The molecule has 1 unspecified atom stereocenters. The lowest BCUT2D eigenvalue weighted by Crippen LogP contribution is -2.48. The largest absolute Gasteiger partial charge is 0.376 e. The Morgan fingerprint density at radius 2 is 1.62 bits per heavy atom. The molecular weight excluding hydrogens is 162 g/mol. The number of hydrogen-bond acceptors (Lipinski definition) is 2. The molecule has 1 heterocycles. The van der Waals surface area contributed by atoms with Gasteiger partial charge in [0.1, 0.15) is 0 Å². The van der Waals surface area contributed by atoms with Gasteiger partial charge in [-0.15, -0.1) is 0 Å². The smallest absolute Gasteiger partial charge is 0.0554 e. The van der Waals surface area contributed by atoms with Crippen LogP contribution in [-0.4, -0.2) is 24.8 Å². The molecule has 2 heteroatoms. The predicted octanol–water partition coefficient (Wildman–Crippen LogP) is 2.19. The van der Waals surface area contributed by atoms with E-state index >= 15 is 0 Å². The molecule has 1 aliphatic rings. The summed E-state index contributed by atoms with van der Waals surface area (Å²) in [5.74, 6) is 0.733. The molecule has 0 amide bonds. The van der Waals surface area contributed by atoms with Crippen molar-refractivity contribution in [3.63, 3.8) is 0 Å². The van der Waals surface area contributed by atoms with Crippen molar-refractivity contribution in [2.45, 2.75) is 58.3 Å². The molecule has 1 aliphatic heterocycles. The zero-order valence-corrected chi connectivity index (χ0v) is 9.55. The standard InChI is InChI=1S/C11H23NO/c1-8-6-10(7-9(2)13-8)11(3,4)12-5/h8-10,12H,6-7H2,1-5H3/t8-,9+,10?. The number of hydrogen-bond donors (Lipinski definition) is 1. The normalized spacial score (nSPS) is 36.2. The lowest BCUT2D eigenvalue weighted by atomic mass is 9.78. The van der Waals surface area contributed by atoms with Gasteiger partial charge in [-0.25, -0.2) is 0 Å². The molecule has 1 rings (SSSR count). The van der Waals surface area contributed by atoms with Gasteiger partial charge >= 0.3 is 0 Å². The first-order valence-corrected chi connectivity index (χ1v) is 5.30. The fraction of sp³-hybridized carbons (Fsp3) is 1.00. The summed E-state index contributed by atoms with van der Waals surface area (Å²) in [4.78, 5) is 0. The molecule has 0 aromatic heterocycles. The molecule has 2 nitrogen and oxygen atoms in total. The van der Waals surface area contributed by atoms with Crippen LogP contribution in [0, 0.1) is 5.92 Å². The topological polar surface area (TPSA) is 21.3 Å². The Labute approximate surface area is 82.0 Å². The van der Waals surface area contributed by atoms with Gasteiger partial charge in [0.2, 0.25) is 0 Å². The molecule has 0 bridgehead atoms. The van der Waals surface area contributed by atoms with E-state index in [1.807, 2.05) is 7.05 Å². The molecule has 0 aliphatic carbocycles. The molecule has 0 aromatic rings. The maximum absolute atomic E-state index is 5.73. The highest BCUT2D eigenvalue weighted by Crippen LogP contribution is 2.32. The number of ether oxygens (including phenoxy) is 1. The molecule has 0 saturated carbocycles. The Bertz CT molecular complexity index is 157. The van der Waals surface area contributed by atoms with Gasteiger partial charge in [0.15, 0.2) is 0 Å². The highest BCUT2D eigenvalue weighted by atomic mass is 16.5. The lowest BCUT2D eigenvalue weighted by Gasteiger charge is -2.41. The Balaban J connectivity index is 2.59.